The van der Waals surface area contributed by atoms with Gasteiger partial charge >= 0.3 is 5.97 Å². The van der Waals surface area contributed by atoms with Crippen LogP contribution in [0.1, 0.15) is 59.3 Å². The van der Waals surface area contributed by atoms with Crippen LogP contribution >= 0.6 is 0 Å². The van der Waals surface area contributed by atoms with Crippen molar-refractivity contribution in [1.29, 1.82) is 0 Å². The van der Waals surface area contributed by atoms with Gasteiger partial charge in [-0.15, -0.1) is 0 Å². The summed E-state index contributed by atoms with van der Waals surface area (Å²) < 4.78 is 11.6. The molecule has 0 radical (unpaired) electrons. The van der Waals surface area contributed by atoms with Gasteiger partial charge in [0.15, 0.2) is 0 Å². The van der Waals surface area contributed by atoms with Crippen LogP contribution in [-0.2, 0) is 14.3 Å². The number of allylic oxidation sites excluding steroid dienone is 3. The lowest BCUT2D eigenvalue weighted by Crippen LogP contribution is -2.21. The van der Waals surface area contributed by atoms with Crippen LogP contribution in [0.3, 0.4) is 0 Å². The molecule has 0 N–H and O–H groups in total. The van der Waals surface area contributed by atoms with Gasteiger partial charge in [0, 0.05) is 17.9 Å². The maximum Gasteiger partial charge on any atom is 0.334 e. The Labute approximate surface area is 139 Å². The van der Waals surface area contributed by atoms with E-state index in [1.54, 1.807) is 0 Å². The van der Waals surface area contributed by atoms with Crippen LogP contribution in [0.4, 0.5) is 0 Å². The van der Waals surface area contributed by atoms with Crippen molar-refractivity contribution in [2.24, 2.45) is 5.92 Å². The van der Waals surface area contributed by atoms with Gasteiger partial charge < -0.3 is 9.47 Å². The molecule has 0 aromatic heterocycles. The molecular formula is C20H28O3. The molecule has 3 rings (SSSR count). The van der Waals surface area contributed by atoms with Gasteiger partial charge in [-0.1, -0.05) is 29.9 Å². The van der Waals surface area contributed by atoms with Crippen LogP contribution in [0.5, 0.6) is 0 Å². The number of ether oxygens (including phenoxy) is 2. The van der Waals surface area contributed by atoms with Crippen molar-refractivity contribution in [3.63, 3.8) is 0 Å². The third kappa shape index (κ3) is 3.60. The van der Waals surface area contributed by atoms with Gasteiger partial charge in [-0.2, -0.15) is 0 Å². The zero-order valence-corrected chi connectivity index (χ0v) is 14.6. The average molecular weight is 316 g/mol. The maximum absolute atomic E-state index is 11.9. The number of hydrogen-bond donors (Lipinski definition) is 0. The Hall–Kier alpha value is -1.35. The van der Waals surface area contributed by atoms with Crippen LogP contribution in [-0.4, -0.2) is 23.8 Å². The Bertz CT molecular complexity index is 571. The van der Waals surface area contributed by atoms with E-state index in [0.717, 1.165) is 38.5 Å². The summed E-state index contributed by atoms with van der Waals surface area (Å²) in [6, 6.07) is 0. The van der Waals surface area contributed by atoms with Crippen LogP contribution < -0.4 is 0 Å². The van der Waals surface area contributed by atoms with Gasteiger partial charge in [0.05, 0.1) is 11.7 Å². The van der Waals surface area contributed by atoms with Gasteiger partial charge in [0.25, 0.3) is 0 Å². The highest BCUT2D eigenvalue weighted by Crippen LogP contribution is 2.47. The Morgan fingerprint density at radius 2 is 1.96 bits per heavy atom. The van der Waals surface area contributed by atoms with Crippen molar-refractivity contribution >= 4 is 5.97 Å². The van der Waals surface area contributed by atoms with Gasteiger partial charge in [-0.05, 0) is 52.9 Å². The predicted octanol–water partition coefficient (Wildman–Crippen LogP) is 4.49. The van der Waals surface area contributed by atoms with Crippen LogP contribution in [0.15, 0.2) is 35.5 Å². The van der Waals surface area contributed by atoms with Crippen molar-refractivity contribution in [2.45, 2.75) is 77.1 Å². The molecule has 2 heterocycles. The second-order valence-electron chi connectivity index (χ2n) is 7.61. The van der Waals surface area contributed by atoms with E-state index in [9.17, 15) is 4.79 Å². The molecule has 0 saturated carbocycles. The summed E-state index contributed by atoms with van der Waals surface area (Å²) in [6.45, 7) is 10.5. The summed E-state index contributed by atoms with van der Waals surface area (Å²) in [6.07, 6.45) is 10.7. The molecule has 4 atom stereocenters. The van der Waals surface area contributed by atoms with Gasteiger partial charge in [-0.3, -0.25) is 0 Å². The summed E-state index contributed by atoms with van der Waals surface area (Å²) >= 11 is 0. The lowest BCUT2D eigenvalue weighted by atomic mass is 9.85. The lowest BCUT2D eigenvalue weighted by Gasteiger charge is -2.18. The average Bonchev–Trinajstić information content (AvgIpc) is 3.04. The smallest absolute Gasteiger partial charge is 0.334 e. The van der Waals surface area contributed by atoms with Crippen molar-refractivity contribution in [1.82, 2.24) is 0 Å². The first-order valence-electron chi connectivity index (χ1n) is 8.78. The summed E-state index contributed by atoms with van der Waals surface area (Å²) in [4.78, 5) is 11.9. The standard InChI is InChI=1S/C20H28O3/c1-13-7-5-8-14(2)11-17-16(15(3)19(21)22-17)12-18-20(4,23-18)10-6-9-13/h8-9,16-18H,3,5-7,10-12H2,1-2,4H3/b13-9+,14-8+/t16-,17+,18+,20-/m0/s1. The highest BCUT2D eigenvalue weighted by Gasteiger charge is 2.54. The molecule has 0 spiro atoms. The third-order valence-corrected chi connectivity index (χ3v) is 5.61. The molecule has 3 heteroatoms. The molecule has 2 aliphatic heterocycles. The Balaban J connectivity index is 1.78. The molecule has 23 heavy (non-hydrogen) atoms. The number of fused-ring (bicyclic) bond motifs is 2. The van der Waals surface area contributed by atoms with Gasteiger partial charge in [0.2, 0.25) is 0 Å². The van der Waals surface area contributed by atoms with Gasteiger partial charge in [-0.25, -0.2) is 4.79 Å². The van der Waals surface area contributed by atoms with E-state index in [1.807, 2.05) is 0 Å². The molecule has 126 valence electrons. The van der Waals surface area contributed by atoms with E-state index in [1.165, 1.54) is 11.1 Å². The van der Waals surface area contributed by atoms with E-state index in [2.05, 4.69) is 39.5 Å². The third-order valence-electron chi connectivity index (χ3n) is 5.61. The molecule has 1 aliphatic carbocycles. The Morgan fingerprint density at radius 3 is 2.74 bits per heavy atom. The van der Waals surface area contributed by atoms with Crippen molar-refractivity contribution < 1.29 is 14.3 Å². The van der Waals surface area contributed by atoms with E-state index in [0.29, 0.717) is 5.57 Å². The minimum absolute atomic E-state index is 0.0394. The van der Waals surface area contributed by atoms with E-state index < -0.39 is 0 Å². The summed E-state index contributed by atoms with van der Waals surface area (Å²) in [5.74, 6) is -0.130. The molecular weight excluding hydrogens is 288 g/mol. The Morgan fingerprint density at radius 1 is 1.22 bits per heavy atom. The van der Waals surface area contributed by atoms with Crippen LogP contribution in [0.2, 0.25) is 0 Å². The molecule has 2 fully saturated rings. The number of carbonyl (C=O) groups is 1. The van der Waals surface area contributed by atoms with E-state index in [-0.39, 0.29) is 29.7 Å². The molecule has 0 amide bonds. The minimum Gasteiger partial charge on any atom is -0.458 e. The number of hydrogen-bond acceptors (Lipinski definition) is 3. The predicted molar refractivity (Wildman–Crippen MR) is 91.0 cm³/mol. The van der Waals surface area contributed by atoms with E-state index in [4.69, 9.17) is 9.47 Å². The topological polar surface area (TPSA) is 38.8 Å². The first-order chi connectivity index (χ1) is 10.9. The number of epoxide rings is 1. The maximum atomic E-state index is 11.9. The largest absolute Gasteiger partial charge is 0.458 e. The second kappa shape index (κ2) is 6.27. The first kappa shape index (κ1) is 16.5. The lowest BCUT2D eigenvalue weighted by molar-refractivity contribution is -0.139. The molecule has 2 saturated heterocycles. The van der Waals surface area contributed by atoms with Gasteiger partial charge in [0.1, 0.15) is 6.10 Å². The Kier molecular flexibility index (Phi) is 4.50. The fraction of sp³-hybridized carbons (Fsp3) is 0.650. The summed E-state index contributed by atoms with van der Waals surface area (Å²) in [5.41, 5.74) is 3.34. The molecule has 0 aromatic rings. The summed E-state index contributed by atoms with van der Waals surface area (Å²) in [5, 5.41) is 0. The quantitative estimate of drug-likeness (QED) is 0.286. The molecule has 0 aromatic carbocycles. The zero-order chi connectivity index (χ0) is 16.6. The van der Waals surface area contributed by atoms with Crippen LogP contribution in [0, 0.1) is 5.92 Å². The van der Waals surface area contributed by atoms with Crippen molar-refractivity contribution in [3.05, 3.63) is 35.5 Å². The second-order valence-corrected chi connectivity index (χ2v) is 7.61. The number of esters is 1. The molecule has 3 nitrogen and oxygen atoms in total. The highest BCUT2D eigenvalue weighted by molar-refractivity contribution is 5.90. The highest BCUT2D eigenvalue weighted by atomic mass is 16.6. The number of carbonyl (C=O) groups excluding carboxylic acids is 1. The fourth-order valence-corrected chi connectivity index (χ4v) is 3.84. The molecule has 3 aliphatic rings. The fourth-order valence-electron chi connectivity index (χ4n) is 3.84. The first-order valence-corrected chi connectivity index (χ1v) is 8.78. The normalized spacial score (nSPS) is 43.2. The monoisotopic (exact) mass is 316 g/mol. The zero-order valence-electron chi connectivity index (χ0n) is 14.6. The number of rotatable bonds is 0. The van der Waals surface area contributed by atoms with Crippen molar-refractivity contribution in [3.8, 4) is 0 Å². The van der Waals surface area contributed by atoms with Crippen LogP contribution in [0.25, 0.3) is 0 Å². The SMILES string of the molecule is C=C1C(=O)O[C@@H]2C/C(C)=C/CC/C(C)=C/CC[C@]3(C)O[C@@H]3C[C@@H]12. The molecule has 0 unspecified atom stereocenters. The van der Waals surface area contributed by atoms with E-state index >= 15 is 0 Å². The molecule has 0 bridgehead atoms. The summed E-state index contributed by atoms with van der Waals surface area (Å²) in [7, 11) is 0. The van der Waals surface area contributed by atoms with Crippen molar-refractivity contribution in [2.75, 3.05) is 0 Å². The minimum atomic E-state index is -0.225.